The Labute approximate surface area is 96.4 Å². The molecule has 0 aromatic carbocycles. The van der Waals surface area contributed by atoms with Gasteiger partial charge in [-0.25, -0.2) is 4.79 Å². The number of alkyl halides is 3. The van der Waals surface area contributed by atoms with Gasteiger partial charge in [-0.05, 0) is 38.4 Å². The van der Waals surface area contributed by atoms with Crippen LogP contribution >= 0.6 is 0 Å². The molecular formula is C10H14F3NO3. The van der Waals surface area contributed by atoms with Gasteiger partial charge in [0.1, 0.15) is 0 Å². The van der Waals surface area contributed by atoms with E-state index in [2.05, 4.69) is 10.1 Å². The fourth-order valence-corrected chi connectivity index (χ4v) is 1.55. The van der Waals surface area contributed by atoms with Crippen LogP contribution in [0.1, 0.15) is 19.8 Å². The highest BCUT2D eigenvalue weighted by atomic mass is 19.4. The molecule has 0 radical (unpaired) electrons. The van der Waals surface area contributed by atoms with Gasteiger partial charge in [0.25, 0.3) is 0 Å². The molecule has 0 aliphatic carbocycles. The second kappa shape index (κ2) is 5.50. The van der Waals surface area contributed by atoms with E-state index in [1.807, 2.05) is 0 Å². The zero-order valence-corrected chi connectivity index (χ0v) is 9.30. The summed E-state index contributed by atoms with van der Waals surface area (Å²) >= 11 is 0. The maximum atomic E-state index is 11.9. The summed E-state index contributed by atoms with van der Waals surface area (Å²) in [4.78, 5) is 10.5. The molecule has 4 nitrogen and oxygen atoms in total. The molecule has 0 saturated carbocycles. The molecule has 0 aromatic heterocycles. The number of rotatable bonds is 2. The molecule has 1 aliphatic heterocycles. The van der Waals surface area contributed by atoms with Gasteiger partial charge in [-0.3, -0.25) is 0 Å². The number of hydrogen-bond donors (Lipinski definition) is 2. The van der Waals surface area contributed by atoms with Crippen LogP contribution in [-0.4, -0.2) is 36.6 Å². The number of halogens is 3. The lowest BCUT2D eigenvalue weighted by molar-refractivity contribution is -0.215. The van der Waals surface area contributed by atoms with Crippen LogP contribution in [0.4, 0.5) is 13.2 Å². The first-order chi connectivity index (χ1) is 7.82. The minimum atomic E-state index is -5.08. The van der Waals surface area contributed by atoms with Gasteiger partial charge in [0.15, 0.2) is 0 Å². The van der Waals surface area contributed by atoms with Gasteiger partial charge in [0, 0.05) is 0 Å². The van der Waals surface area contributed by atoms with Crippen LogP contribution in [0.25, 0.3) is 0 Å². The molecule has 1 heterocycles. The number of carbonyl (C=O) groups excluding carboxylic acids is 1. The molecule has 7 heteroatoms. The third-order valence-corrected chi connectivity index (χ3v) is 2.59. The van der Waals surface area contributed by atoms with Crippen molar-refractivity contribution in [2.75, 3.05) is 13.1 Å². The molecule has 1 aliphatic rings. The molecule has 0 aromatic rings. The smallest absolute Gasteiger partial charge is 0.425 e. The minimum Gasteiger partial charge on any atom is -0.425 e. The lowest BCUT2D eigenvalue weighted by Gasteiger charge is -2.21. The average molecular weight is 253 g/mol. The Hall–Kier alpha value is -1.08. The fourth-order valence-electron chi connectivity index (χ4n) is 1.55. The Kier molecular flexibility index (Phi) is 4.53. The van der Waals surface area contributed by atoms with Gasteiger partial charge in [0.2, 0.25) is 6.29 Å². The van der Waals surface area contributed by atoms with Crippen LogP contribution in [0.15, 0.2) is 11.1 Å². The number of aliphatic hydroxyl groups is 1. The Bertz CT molecular complexity index is 317. The molecule has 0 spiro atoms. The topological polar surface area (TPSA) is 58.6 Å². The van der Waals surface area contributed by atoms with Crippen molar-refractivity contribution in [1.82, 2.24) is 5.32 Å². The fraction of sp³-hybridized carbons (Fsp3) is 0.700. The monoisotopic (exact) mass is 253 g/mol. The van der Waals surface area contributed by atoms with E-state index in [1.54, 1.807) is 0 Å². The van der Waals surface area contributed by atoms with E-state index >= 15 is 0 Å². The molecule has 1 unspecified atom stereocenters. The van der Waals surface area contributed by atoms with E-state index in [-0.39, 0.29) is 5.57 Å². The van der Waals surface area contributed by atoms with E-state index in [0.29, 0.717) is 25.9 Å². The number of carbonyl (C=O) groups is 1. The van der Waals surface area contributed by atoms with Crippen molar-refractivity contribution < 1.29 is 27.8 Å². The Morgan fingerprint density at radius 3 is 2.41 bits per heavy atom. The van der Waals surface area contributed by atoms with Crippen molar-refractivity contribution in [3.63, 3.8) is 0 Å². The number of aliphatic hydroxyl groups excluding tert-OH is 1. The van der Waals surface area contributed by atoms with E-state index in [0.717, 1.165) is 5.57 Å². The number of nitrogens with one attached hydrogen (secondary N) is 1. The molecule has 2 N–H and O–H groups in total. The minimum absolute atomic E-state index is 0.282. The molecule has 1 atom stereocenters. The molecule has 17 heavy (non-hydrogen) atoms. The number of hydrogen-bond acceptors (Lipinski definition) is 4. The highest BCUT2D eigenvalue weighted by Crippen LogP contribution is 2.22. The zero-order chi connectivity index (χ0) is 13.1. The maximum Gasteiger partial charge on any atom is 0.491 e. The standard InChI is InChI=1S/C10H14F3NO3/c1-6(7-2-4-14-5-3-7)8(15)17-9(16)10(11,12)13/h8,14-15H,2-5H2,1H3. The Morgan fingerprint density at radius 1 is 1.41 bits per heavy atom. The lowest BCUT2D eigenvalue weighted by atomic mass is 10.00. The zero-order valence-electron chi connectivity index (χ0n) is 9.30. The van der Waals surface area contributed by atoms with Crippen molar-refractivity contribution in [2.45, 2.75) is 32.2 Å². The predicted octanol–water partition coefficient (Wildman–Crippen LogP) is 1.11. The maximum absolute atomic E-state index is 11.9. The van der Waals surface area contributed by atoms with Crippen molar-refractivity contribution >= 4 is 5.97 Å². The summed E-state index contributed by atoms with van der Waals surface area (Å²) in [5.74, 6) is -2.38. The summed E-state index contributed by atoms with van der Waals surface area (Å²) < 4.78 is 39.7. The van der Waals surface area contributed by atoms with Crippen molar-refractivity contribution in [2.24, 2.45) is 0 Å². The van der Waals surface area contributed by atoms with Gasteiger partial charge in [0.05, 0.1) is 0 Å². The molecule has 98 valence electrons. The summed E-state index contributed by atoms with van der Waals surface area (Å²) in [6.07, 6.45) is -5.64. The van der Waals surface area contributed by atoms with Crippen molar-refractivity contribution in [3.05, 3.63) is 11.1 Å². The molecular weight excluding hydrogens is 239 g/mol. The van der Waals surface area contributed by atoms with Gasteiger partial charge in [-0.1, -0.05) is 5.57 Å². The van der Waals surface area contributed by atoms with Crippen molar-refractivity contribution in [1.29, 1.82) is 0 Å². The first-order valence-corrected chi connectivity index (χ1v) is 5.17. The van der Waals surface area contributed by atoms with Gasteiger partial charge >= 0.3 is 12.1 Å². The number of esters is 1. The Balaban J connectivity index is 2.63. The first kappa shape index (κ1) is 14.0. The van der Waals surface area contributed by atoms with E-state index in [4.69, 9.17) is 0 Å². The normalized spacial score (nSPS) is 18.8. The van der Waals surface area contributed by atoms with E-state index in [1.165, 1.54) is 6.92 Å². The first-order valence-electron chi connectivity index (χ1n) is 5.17. The Morgan fingerprint density at radius 2 is 1.94 bits per heavy atom. The summed E-state index contributed by atoms with van der Waals surface area (Å²) in [6, 6.07) is 0. The predicted molar refractivity (Wildman–Crippen MR) is 53.0 cm³/mol. The molecule has 1 fully saturated rings. The van der Waals surface area contributed by atoms with Crippen LogP contribution in [0.2, 0.25) is 0 Å². The summed E-state index contributed by atoms with van der Waals surface area (Å²) in [5.41, 5.74) is 1.11. The molecule has 1 rings (SSSR count). The van der Waals surface area contributed by atoms with Gasteiger partial charge in [-0.2, -0.15) is 13.2 Å². The quantitative estimate of drug-likeness (QED) is 0.440. The van der Waals surface area contributed by atoms with Crippen LogP contribution in [0.3, 0.4) is 0 Å². The van der Waals surface area contributed by atoms with E-state index < -0.39 is 18.4 Å². The molecule has 0 bridgehead atoms. The van der Waals surface area contributed by atoms with Crippen LogP contribution in [-0.2, 0) is 9.53 Å². The average Bonchev–Trinajstić information content (AvgIpc) is 2.27. The summed E-state index contributed by atoms with van der Waals surface area (Å²) in [5, 5.41) is 12.5. The SMILES string of the molecule is CC(=C1CCNCC1)C(O)OC(=O)C(F)(F)F. The highest BCUT2D eigenvalue weighted by molar-refractivity contribution is 5.75. The third-order valence-electron chi connectivity index (χ3n) is 2.59. The van der Waals surface area contributed by atoms with Crippen LogP contribution < -0.4 is 5.32 Å². The molecule has 1 saturated heterocycles. The third kappa shape index (κ3) is 4.01. The second-order valence-corrected chi connectivity index (χ2v) is 3.79. The van der Waals surface area contributed by atoms with Crippen LogP contribution in [0.5, 0.6) is 0 Å². The van der Waals surface area contributed by atoms with Crippen molar-refractivity contribution in [3.8, 4) is 0 Å². The van der Waals surface area contributed by atoms with E-state index in [9.17, 15) is 23.1 Å². The number of piperidine rings is 1. The van der Waals surface area contributed by atoms with Gasteiger partial charge in [-0.15, -0.1) is 0 Å². The summed E-state index contributed by atoms with van der Waals surface area (Å²) in [6.45, 7) is 2.87. The number of ether oxygens (including phenoxy) is 1. The lowest BCUT2D eigenvalue weighted by Crippen LogP contribution is -2.32. The second-order valence-electron chi connectivity index (χ2n) is 3.79. The van der Waals surface area contributed by atoms with Crippen LogP contribution in [0, 0.1) is 0 Å². The molecule has 0 amide bonds. The summed E-state index contributed by atoms with van der Waals surface area (Å²) in [7, 11) is 0. The highest BCUT2D eigenvalue weighted by Gasteiger charge is 2.42. The largest absolute Gasteiger partial charge is 0.491 e. The van der Waals surface area contributed by atoms with Gasteiger partial charge < -0.3 is 15.2 Å².